The second kappa shape index (κ2) is 11.5. The highest BCUT2D eigenvalue weighted by atomic mass is 16.3. The number of unbranched alkanes of at least 4 members (excludes halogenated alkanes) is 3. The van der Waals surface area contributed by atoms with E-state index in [1.165, 1.54) is 51.4 Å². The molecule has 0 radical (unpaired) electrons. The third-order valence-corrected chi connectivity index (χ3v) is 7.47. The number of nitrogens with one attached hydrogen (secondary N) is 1. The average molecular weight is 390 g/mol. The van der Waals surface area contributed by atoms with Crippen LogP contribution in [0.15, 0.2) is 23.8 Å². The van der Waals surface area contributed by atoms with Crippen molar-refractivity contribution >= 4 is 0 Å². The Labute approximate surface area is 172 Å². The predicted octanol–water partition coefficient (Wildman–Crippen LogP) is 4.99. The zero-order chi connectivity index (χ0) is 19.8. The molecule has 0 heterocycles. The molecule has 0 aliphatic heterocycles. The van der Waals surface area contributed by atoms with Crippen molar-refractivity contribution in [3.05, 3.63) is 23.8 Å². The van der Waals surface area contributed by atoms with Gasteiger partial charge in [-0.3, -0.25) is 0 Å². The molecule has 0 spiro atoms. The van der Waals surface area contributed by atoms with Gasteiger partial charge in [0.2, 0.25) is 0 Å². The van der Waals surface area contributed by atoms with Crippen LogP contribution in [0, 0.1) is 23.7 Å². The fraction of sp³-hybridized carbons (Fsp3) is 0.840. The van der Waals surface area contributed by atoms with Gasteiger partial charge >= 0.3 is 0 Å². The third-order valence-electron chi connectivity index (χ3n) is 7.47. The van der Waals surface area contributed by atoms with Crippen LogP contribution in [0.5, 0.6) is 0 Å². The smallest absolute Gasteiger partial charge is 0.0749 e. The van der Waals surface area contributed by atoms with E-state index in [-0.39, 0.29) is 18.1 Å². The number of aliphatic hydroxyl groups is 2. The van der Waals surface area contributed by atoms with Crippen LogP contribution in [0.3, 0.4) is 0 Å². The first-order chi connectivity index (χ1) is 13.7. The molecule has 0 aromatic heterocycles. The van der Waals surface area contributed by atoms with E-state index in [1.54, 1.807) is 5.57 Å². The second-order valence-corrected chi connectivity index (χ2v) is 9.59. The monoisotopic (exact) mass is 389 g/mol. The average Bonchev–Trinajstić information content (AvgIpc) is 3.39. The van der Waals surface area contributed by atoms with Crippen LogP contribution in [-0.2, 0) is 0 Å². The van der Waals surface area contributed by atoms with Gasteiger partial charge in [-0.1, -0.05) is 50.0 Å². The molecule has 0 saturated heterocycles. The maximum absolute atomic E-state index is 10.5. The van der Waals surface area contributed by atoms with Crippen molar-refractivity contribution in [2.45, 2.75) is 96.2 Å². The minimum Gasteiger partial charge on any atom is -0.392 e. The zero-order valence-electron chi connectivity index (χ0n) is 18.0. The van der Waals surface area contributed by atoms with Crippen LogP contribution in [0.25, 0.3) is 0 Å². The van der Waals surface area contributed by atoms with Crippen molar-refractivity contribution in [3.8, 4) is 0 Å². The normalized spacial score (nSPS) is 33.3. The summed E-state index contributed by atoms with van der Waals surface area (Å²) in [6.07, 6.45) is 20.6. The molecule has 5 atom stereocenters. The number of hydrogen-bond donors (Lipinski definition) is 3. The predicted molar refractivity (Wildman–Crippen MR) is 117 cm³/mol. The number of aliphatic hydroxyl groups excluding tert-OH is 2. The van der Waals surface area contributed by atoms with Gasteiger partial charge in [0, 0.05) is 5.92 Å². The Kier molecular flexibility index (Phi) is 9.07. The molecule has 0 unspecified atom stereocenters. The molecule has 3 saturated carbocycles. The maximum atomic E-state index is 10.5. The quantitative estimate of drug-likeness (QED) is 0.345. The van der Waals surface area contributed by atoms with Crippen molar-refractivity contribution in [3.63, 3.8) is 0 Å². The van der Waals surface area contributed by atoms with Crippen LogP contribution in [0.2, 0.25) is 0 Å². The van der Waals surface area contributed by atoms with Crippen molar-refractivity contribution in [2.24, 2.45) is 23.7 Å². The lowest BCUT2D eigenvalue weighted by Gasteiger charge is -2.19. The first-order valence-corrected chi connectivity index (χ1v) is 12.1. The van der Waals surface area contributed by atoms with Gasteiger partial charge in [-0.2, -0.15) is 0 Å². The first kappa shape index (κ1) is 22.1. The minimum absolute atomic E-state index is 0.210. The standard InChI is InChI=1S/C25H43NO2/c1-2-3-14-26-15-8-4-5-9-19-16-21-18-25(28)22(23(21)17-19)12-13-24(27)20-10-6-7-11-20/h9,12-13,20-28H,2-8,10-11,14-18H2,1H3/b13-12+,19-9+/t21-,22+,23-,24+,25+/m0/s1. The lowest BCUT2D eigenvalue weighted by atomic mass is 9.89. The zero-order valence-corrected chi connectivity index (χ0v) is 18.0. The van der Waals surface area contributed by atoms with Gasteiger partial charge in [-0.05, 0) is 88.6 Å². The van der Waals surface area contributed by atoms with Gasteiger partial charge in [-0.25, -0.2) is 0 Å². The number of hydrogen-bond acceptors (Lipinski definition) is 3. The van der Waals surface area contributed by atoms with Crippen molar-refractivity contribution < 1.29 is 10.2 Å². The van der Waals surface area contributed by atoms with E-state index in [1.807, 2.05) is 6.08 Å². The molecule has 3 rings (SSSR count). The summed E-state index contributed by atoms with van der Waals surface area (Å²) < 4.78 is 0. The van der Waals surface area contributed by atoms with Gasteiger partial charge in [0.05, 0.1) is 12.2 Å². The van der Waals surface area contributed by atoms with E-state index >= 15 is 0 Å². The van der Waals surface area contributed by atoms with Gasteiger partial charge in [0.1, 0.15) is 0 Å². The van der Waals surface area contributed by atoms with Gasteiger partial charge in [-0.15, -0.1) is 0 Å². The summed E-state index contributed by atoms with van der Waals surface area (Å²) in [7, 11) is 0. The molecule has 160 valence electrons. The summed E-state index contributed by atoms with van der Waals surface area (Å²) >= 11 is 0. The molecular formula is C25H43NO2. The molecule has 28 heavy (non-hydrogen) atoms. The summed E-state index contributed by atoms with van der Waals surface area (Å²) in [6.45, 7) is 4.55. The minimum atomic E-state index is -0.309. The molecule has 0 bridgehead atoms. The Morgan fingerprint density at radius 1 is 1.11 bits per heavy atom. The molecule has 3 fully saturated rings. The summed E-state index contributed by atoms with van der Waals surface area (Å²) in [5, 5.41) is 24.5. The van der Waals surface area contributed by atoms with Crippen LogP contribution in [0.1, 0.15) is 84.0 Å². The summed E-state index contributed by atoms with van der Waals surface area (Å²) in [6, 6.07) is 0. The summed E-state index contributed by atoms with van der Waals surface area (Å²) in [5.74, 6) is 1.93. The van der Waals surface area contributed by atoms with Crippen LogP contribution < -0.4 is 5.32 Å². The highest BCUT2D eigenvalue weighted by molar-refractivity contribution is 5.18. The maximum Gasteiger partial charge on any atom is 0.0749 e. The fourth-order valence-corrected chi connectivity index (χ4v) is 5.77. The Morgan fingerprint density at radius 2 is 1.89 bits per heavy atom. The van der Waals surface area contributed by atoms with Crippen LogP contribution in [0.4, 0.5) is 0 Å². The van der Waals surface area contributed by atoms with Crippen molar-refractivity contribution in [2.75, 3.05) is 13.1 Å². The highest BCUT2D eigenvalue weighted by Gasteiger charge is 2.45. The van der Waals surface area contributed by atoms with Gasteiger partial charge in [0.15, 0.2) is 0 Å². The molecule has 3 heteroatoms. The molecule has 0 aromatic carbocycles. The topological polar surface area (TPSA) is 52.5 Å². The van der Waals surface area contributed by atoms with Gasteiger partial charge < -0.3 is 15.5 Å². The third kappa shape index (κ3) is 6.18. The number of fused-ring (bicyclic) bond motifs is 1. The SMILES string of the molecule is CCCCNCCCC/C=C1\C[C@H]2C[C@@H](O)[C@H](/C=C/[C@@H](O)C3CCCC3)[C@H]2C1. The highest BCUT2D eigenvalue weighted by Crippen LogP contribution is 2.50. The summed E-state index contributed by atoms with van der Waals surface area (Å²) in [4.78, 5) is 0. The molecular weight excluding hydrogens is 346 g/mol. The lowest BCUT2D eigenvalue weighted by molar-refractivity contribution is 0.135. The fourth-order valence-electron chi connectivity index (χ4n) is 5.77. The van der Waals surface area contributed by atoms with E-state index in [9.17, 15) is 10.2 Å². The molecule has 0 aromatic rings. The van der Waals surface area contributed by atoms with Crippen LogP contribution >= 0.6 is 0 Å². The van der Waals surface area contributed by atoms with Crippen molar-refractivity contribution in [1.82, 2.24) is 5.32 Å². The number of allylic oxidation sites excluding steroid dienone is 2. The van der Waals surface area contributed by atoms with E-state index in [0.717, 1.165) is 38.8 Å². The van der Waals surface area contributed by atoms with Crippen LogP contribution in [-0.4, -0.2) is 35.5 Å². The van der Waals surface area contributed by atoms with Gasteiger partial charge in [0.25, 0.3) is 0 Å². The van der Waals surface area contributed by atoms with E-state index in [2.05, 4.69) is 24.4 Å². The van der Waals surface area contributed by atoms with Crippen molar-refractivity contribution in [1.29, 1.82) is 0 Å². The van der Waals surface area contributed by atoms with E-state index in [4.69, 9.17) is 0 Å². The van der Waals surface area contributed by atoms with E-state index < -0.39 is 0 Å². The molecule has 3 nitrogen and oxygen atoms in total. The molecule has 0 amide bonds. The Balaban J connectivity index is 1.40. The Bertz CT molecular complexity index is 509. The lowest BCUT2D eigenvalue weighted by Crippen LogP contribution is -2.19. The van der Waals surface area contributed by atoms with E-state index in [0.29, 0.717) is 17.8 Å². The first-order valence-electron chi connectivity index (χ1n) is 12.1. The second-order valence-electron chi connectivity index (χ2n) is 9.59. The summed E-state index contributed by atoms with van der Waals surface area (Å²) in [5.41, 5.74) is 1.62. The Morgan fingerprint density at radius 3 is 2.68 bits per heavy atom. The Hall–Kier alpha value is -0.640. The molecule has 3 aliphatic rings. The largest absolute Gasteiger partial charge is 0.392 e. The molecule has 3 aliphatic carbocycles. The molecule has 3 N–H and O–H groups in total. The number of rotatable bonds is 11.